The van der Waals surface area contributed by atoms with Crippen molar-refractivity contribution >= 4 is 11.0 Å². The molecule has 2 heteroatoms. The van der Waals surface area contributed by atoms with E-state index < -0.39 is 0 Å². The normalized spacial score (nSPS) is 18.4. The second-order valence-electron chi connectivity index (χ2n) is 4.33. The Balaban J connectivity index is 2.20. The van der Waals surface area contributed by atoms with Gasteiger partial charge in [-0.3, -0.25) is 9.97 Å². The van der Waals surface area contributed by atoms with Gasteiger partial charge in [0.1, 0.15) is 0 Å². The summed E-state index contributed by atoms with van der Waals surface area (Å²) in [6.07, 6.45) is 6.39. The molecule has 3 rings (SSSR count). The first-order valence-corrected chi connectivity index (χ1v) is 4.99. The molecule has 2 aromatic heterocycles. The van der Waals surface area contributed by atoms with Crippen LogP contribution in [0.2, 0.25) is 0 Å². The van der Waals surface area contributed by atoms with Crippen molar-refractivity contribution in [2.75, 3.05) is 0 Å². The molecule has 70 valence electrons. The molecule has 0 amide bonds. The smallest absolute Gasteiger partial charge is 0.0889 e. The van der Waals surface area contributed by atoms with Crippen molar-refractivity contribution in [3.8, 4) is 0 Å². The van der Waals surface area contributed by atoms with Gasteiger partial charge in [-0.25, -0.2) is 0 Å². The van der Waals surface area contributed by atoms with Crippen LogP contribution in [0.5, 0.6) is 0 Å². The van der Waals surface area contributed by atoms with Crippen LogP contribution in [-0.2, 0) is 5.41 Å². The van der Waals surface area contributed by atoms with Gasteiger partial charge in [-0.2, -0.15) is 0 Å². The Labute approximate surface area is 83.0 Å². The van der Waals surface area contributed by atoms with E-state index in [0.717, 1.165) is 11.0 Å². The molecule has 0 radical (unpaired) electrons. The molecule has 2 nitrogen and oxygen atoms in total. The Kier molecular flexibility index (Phi) is 1.43. The Morgan fingerprint density at radius 2 is 2.07 bits per heavy atom. The topological polar surface area (TPSA) is 25.8 Å². The van der Waals surface area contributed by atoms with Crippen molar-refractivity contribution < 1.29 is 0 Å². The molecule has 1 aliphatic carbocycles. The third-order valence-electron chi connectivity index (χ3n) is 3.15. The lowest BCUT2D eigenvalue weighted by Gasteiger charge is -2.08. The lowest BCUT2D eigenvalue weighted by atomic mass is 10.0. The van der Waals surface area contributed by atoms with Crippen molar-refractivity contribution in [3.05, 3.63) is 36.2 Å². The minimum atomic E-state index is 0.388. The molecule has 0 unspecified atom stereocenters. The highest BCUT2D eigenvalue weighted by Crippen LogP contribution is 2.47. The fourth-order valence-electron chi connectivity index (χ4n) is 1.76. The predicted octanol–water partition coefficient (Wildman–Crippen LogP) is 2.68. The van der Waals surface area contributed by atoms with Gasteiger partial charge in [-0.05, 0) is 42.0 Å². The summed E-state index contributed by atoms with van der Waals surface area (Å²) in [6, 6.07) is 6.10. The molecule has 2 heterocycles. The van der Waals surface area contributed by atoms with E-state index >= 15 is 0 Å². The summed E-state index contributed by atoms with van der Waals surface area (Å²) in [5.74, 6) is 0. The van der Waals surface area contributed by atoms with Gasteiger partial charge in [0.25, 0.3) is 0 Å². The molecule has 2 aromatic rings. The van der Waals surface area contributed by atoms with E-state index in [4.69, 9.17) is 0 Å². The molecule has 0 aromatic carbocycles. The average Bonchev–Trinajstić information content (AvgIpc) is 2.97. The van der Waals surface area contributed by atoms with Crippen LogP contribution in [0, 0.1) is 0 Å². The van der Waals surface area contributed by atoms with E-state index in [1.165, 1.54) is 18.4 Å². The number of nitrogens with zero attached hydrogens (tertiary/aromatic N) is 2. The highest BCUT2D eigenvalue weighted by Gasteiger charge is 2.39. The zero-order chi connectivity index (χ0) is 9.60. The quantitative estimate of drug-likeness (QED) is 0.681. The highest BCUT2D eigenvalue weighted by atomic mass is 14.7. The molecule has 14 heavy (non-hydrogen) atoms. The van der Waals surface area contributed by atoms with Gasteiger partial charge in [0.05, 0.1) is 11.0 Å². The summed E-state index contributed by atoms with van der Waals surface area (Å²) in [7, 11) is 0. The minimum absolute atomic E-state index is 0.388. The van der Waals surface area contributed by atoms with Gasteiger partial charge < -0.3 is 0 Å². The summed E-state index contributed by atoms with van der Waals surface area (Å²) in [4.78, 5) is 8.75. The van der Waals surface area contributed by atoms with Gasteiger partial charge >= 0.3 is 0 Å². The maximum Gasteiger partial charge on any atom is 0.0889 e. The van der Waals surface area contributed by atoms with E-state index in [-0.39, 0.29) is 0 Å². The number of rotatable bonds is 1. The lowest BCUT2D eigenvalue weighted by molar-refractivity contribution is 0.784. The fourth-order valence-corrected chi connectivity index (χ4v) is 1.76. The fraction of sp³-hybridized carbons (Fsp3) is 0.333. The molecule has 1 fully saturated rings. The van der Waals surface area contributed by atoms with Gasteiger partial charge in [-0.15, -0.1) is 0 Å². The van der Waals surface area contributed by atoms with Gasteiger partial charge in [0.2, 0.25) is 0 Å². The number of hydrogen-bond acceptors (Lipinski definition) is 2. The predicted molar refractivity (Wildman–Crippen MR) is 56.1 cm³/mol. The van der Waals surface area contributed by atoms with Crippen molar-refractivity contribution in [2.24, 2.45) is 0 Å². The van der Waals surface area contributed by atoms with Crippen LogP contribution in [0.25, 0.3) is 11.0 Å². The molecule has 1 saturated carbocycles. The average molecular weight is 184 g/mol. The molecule has 0 atom stereocenters. The first kappa shape index (κ1) is 7.92. The molecule has 0 bridgehead atoms. The summed E-state index contributed by atoms with van der Waals surface area (Å²) in [6.45, 7) is 2.29. The van der Waals surface area contributed by atoms with Crippen LogP contribution in [0.1, 0.15) is 25.3 Å². The van der Waals surface area contributed by atoms with Crippen molar-refractivity contribution in [1.82, 2.24) is 9.97 Å². The van der Waals surface area contributed by atoms with E-state index in [1.807, 2.05) is 24.5 Å². The number of hydrogen-bond donors (Lipinski definition) is 0. The second kappa shape index (κ2) is 2.53. The van der Waals surface area contributed by atoms with Crippen LogP contribution >= 0.6 is 0 Å². The third kappa shape index (κ3) is 1.10. The van der Waals surface area contributed by atoms with Crippen molar-refractivity contribution in [3.63, 3.8) is 0 Å². The van der Waals surface area contributed by atoms with E-state index in [2.05, 4.69) is 23.0 Å². The Bertz CT molecular complexity index is 486. The van der Waals surface area contributed by atoms with Crippen molar-refractivity contribution in [1.29, 1.82) is 0 Å². The minimum Gasteiger partial charge on any atom is -0.255 e. The zero-order valence-electron chi connectivity index (χ0n) is 8.20. The van der Waals surface area contributed by atoms with Crippen molar-refractivity contribution in [2.45, 2.75) is 25.2 Å². The van der Waals surface area contributed by atoms with E-state index in [0.29, 0.717) is 5.41 Å². The largest absolute Gasteiger partial charge is 0.255 e. The van der Waals surface area contributed by atoms with E-state index in [1.54, 1.807) is 0 Å². The molecule has 0 N–H and O–H groups in total. The maximum atomic E-state index is 4.43. The molecule has 0 aliphatic heterocycles. The molecule has 0 saturated heterocycles. The zero-order valence-corrected chi connectivity index (χ0v) is 8.20. The van der Waals surface area contributed by atoms with E-state index in [9.17, 15) is 0 Å². The summed E-state index contributed by atoms with van der Waals surface area (Å²) in [5, 5.41) is 0. The maximum absolute atomic E-state index is 4.43. The summed E-state index contributed by atoms with van der Waals surface area (Å²) < 4.78 is 0. The first-order valence-electron chi connectivity index (χ1n) is 4.99. The monoisotopic (exact) mass is 184 g/mol. The Morgan fingerprint density at radius 3 is 2.86 bits per heavy atom. The van der Waals surface area contributed by atoms with Crippen LogP contribution < -0.4 is 0 Å². The number of fused-ring (bicyclic) bond motifs is 1. The lowest BCUT2D eigenvalue weighted by Crippen LogP contribution is -2.00. The summed E-state index contributed by atoms with van der Waals surface area (Å²) >= 11 is 0. The second-order valence-corrected chi connectivity index (χ2v) is 4.33. The Morgan fingerprint density at radius 1 is 1.21 bits per heavy atom. The van der Waals surface area contributed by atoms with Crippen LogP contribution in [0.4, 0.5) is 0 Å². The van der Waals surface area contributed by atoms with Gasteiger partial charge in [-0.1, -0.05) is 6.92 Å². The van der Waals surface area contributed by atoms with Gasteiger partial charge in [0.15, 0.2) is 0 Å². The number of pyridine rings is 2. The highest BCUT2D eigenvalue weighted by molar-refractivity contribution is 5.74. The van der Waals surface area contributed by atoms with Crippen LogP contribution in [-0.4, -0.2) is 9.97 Å². The standard InChI is InChI=1S/C12H12N2/c1-12(4-5-12)9-7-11-10(14-8-9)3-2-6-13-11/h2-3,6-8H,4-5H2,1H3. The first-order chi connectivity index (χ1) is 6.78. The van der Waals surface area contributed by atoms with Crippen LogP contribution in [0.15, 0.2) is 30.6 Å². The summed E-state index contributed by atoms with van der Waals surface area (Å²) in [5.41, 5.74) is 3.72. The SMILES string of the molecule is CC1(c2cnc3cccnc3c2)CC1. The Hall–Kier alpha value is -1.44. The van der Waals surface area contributed by atoms with Gasteiger partial charge in [0, 0.05) is 12.4 Å². The van der Waals surface area contributed by atoms with Crippen LogP contribution in [0.3, 0.4) is 0 Å². The number of aromatic nitrogens is 2. The molecular formula is C12H12N2. The molecule has 0 spiro atoms. The molecular weight excluding hydrogens is 172 g/mol. The third-order valence-corrected chi connectivity index (χ3v) is 3.15. The molecule has 1 aliphatic rings.